The summed E-state index contributed by atoms with van der Waals surface area (Å²) in [6, 6.07) is 12.7. The van der Waals surface area contributed by atoms with Gasteiger partial charge in [-0.15, -0.1) is 0 Å². The quantitative estimate of drug-likeness (QED) is 0.0200. The molecule has 0 saturated heterocycles. The molecule has 0 heterocycles. The minimum absolute atomic E-state index is 0.157. The summed E-state index contributed by atoms with van der Waals surface area (Å²) in [4.78, 5) is 14.4. The number of hydrogen-bond donors (Lipinski definition) is 1. The van der Waals surface area contributed by atoms with E-state index >= 15 is 4.57 Å². The van der Waals surface area contributed by atoms with Gasteiger partial charge in [-0.25, -0.2) is 4.79 Å². The zero-order valence-corrected chi connectivity index (χ0v) is 58.4. The topological polar surface area (TPSA) is 82.1 Å². The first-order valence-corrected chi connectivity index (χ1v) is 36.4. The zero-order valence-electron chi connectivity index (χ0n) is 57.5. The summed E-state index contributed by atoms with van der Waals surface area (Å²) >= 11 is 0. The number of hydrogen-bond acceptors (Lipinski definition) is 6. The van der Waals surface area contributed by atoms with E-state index in [9.17, 15) is 9.90 Å². The summed E-state index contributed by atoms with van der Waals surface area (Å²) in [6.45, 7) is 35.5. The fourth-order valence-electron chi connectivity index (χ4n) is 12.0. The van der Waals surface area contributed by atoms with Crippen LogP contribution in [0.15, 0.2) is 42.5 Å². The highest BCUT2D eigenvalue weighted by atomic mass is 31.2. The van der Waals surface area contributed by atoms with Gasteiger partial charge in [0.05, 0.1) is 19.4 Å². The molecular weight excluding hydrogens is 1050 g/mol. The minimum Gasteiger partial charge on any atom is -0.507 e. The van der Waals surface area contributed by atoms with E-state index in [1.807, 2.05) is 6.08 Å². The molecule has 0 atom stereocenters. The van der Waals surface area contributed by atoms with Crippen molar-refractivity contribution in [2.75, 3.05) is 13.2 Å². The number of phenolic OH excluding ortho intramolecular Hbond substituents is 1. The molecule has 3 aromatic rings. The van der Waals surface area contributed by atoms with Crippen LogP contribution in [0.1, 0.15) is 358 Å². The molecule has 0 fully saturated rings. The molecule has 0 spiro atoms. The molecule has 0 aliphatic rings. The average Bonchev–Trinajstić information content (AvgIpc) is 1.33. The lowest BCUT2D eigenvalue weighted by atomic mass is 9.78. The van der Waals surface area contributed by atoms with Gasteiger partial charge in [0.15, 0.2) is 0 Å². The first-order chi connectivity index (χ1) is 39.7. The Hall–Kier alpha value is -3.18. The number of unbranched alkanes of at least 4 members (excludes halogenated alkanes) is 30. The van der Waals surface area contributed by atoms with Crippen molar-refractivity contribution in [1.82, 2.24) is 0 Å². The van der Waals surface area contributed by atoms with E-state index in [0.29, 0.717) is 31.1 Å². The van der Waals surface area contributed by atoms with E-state index in [-0.39, 0.29) is 17.0 Å². The maximum absolute atomic E-state index is 15.1. The van der Waals surface area contributed by atoms with Crippen LogP contribution in [0.25, 0.3) is 6.08 Å². The van der Waals surface area contributed by atoms with Crippen LogP contribution < -0.4 is 4.74 Å². The third-order valence-electron chi connectivity index (χ3n) is 17.0. The number of carbonyl (C=O) groups excluding carboxylic acids is 1. The fraction of sp³-hybridized carbons (Fsp3) is 0.727. The number of phenols is 1. The van der Waals surface area contributed by atoms with E-state index in [1.165, 1.54) is 180 Å². The standard InChI is InChI=1S/C77H129O6P/c1-17-19-21-23-25-27-29-31-33-35-37-39-41-43-45-47-51-81-84(80,82-52-48-46-44-42-40-38-36-34-32-30-28-26-24-22-20-18-2)60-63-57-69(76(11,12)13)73(70(58-63)77(14,15)16)83-71(78)50-49-66-64(53-61(3)55-67(66)74(5,6)7)59-65-54-62(4)56-68(72(65)79)75(8,9)10/h49-50,53-58,79H,17-48,51-52,59-60H2,1-16H3. The van der Waals surface area contributed by atoms with Crippen molar-refractivity contribution in [3.05, 3.63) is 98.1 Å². The Bertz CT molecular complexity index is 2320. The largest absolute Gasteiger partial charge is 0.507 e. The summed E-state index contributed by atoms with van der Waals surface area (Å²) in [5, 5.41) is 11.7. The van der Waals surface area contributed by atoms with Gasteiger partial charge in [0.2, 0.25) is 0 Å². The lowest BCUT2D eigenvalue weighted by molar-refractivity contribution is -0.129. The first-order valence-electron chi connectivity index (χ1n) is 34.6. The summed E-state index contributed by atoms with van der Waals surface area (Å²) in [6.07, 6.45) is 45.7. The number of aryl methyl sites for hydroxylation is 2. The minimum atomic E-state index is -3.56. The number of aromatic hydroxyl groups is 1. The first kappa shape index (κ1) is 75.1. The van der Waals surface area contributed by atoms with E-state index in [0.717, 1.165) is 81.3 Å². The molecule has 0 bridgehead atoms. The maximum atomic E-state index is 15.1. The van der Waals surface area contributed by atoms with Crippen molar-refractivity contribution >= 4 is 19.6 Å². The van der Waals surface area contributed by atoms with Crippen LogP contribution in [0.3, 0.4) is 0 Å². The number of carbonyl (C=O) groups is 1. The Morgan fingerprint density at radius 2 is 0.762 bits per heavy atom. The molecule has 0 aromatic heterocycles. The lowest BCUT2D eigenvalue weighted by Crippen LogP contribution is -2.22. The second-order valence-corrected chi connectivity index (χ2v) is 31.8. The third-order valence-corrected chi connectivity index (χ3v) is 18.9. The third kappa shape index (κ3) is 29.7. The number of rotatable bonds is 43. The highest BCUT2D eigenvalue weighted by molar-refractivity contribution is 7.53. The van der Waals surface area contributed by atoms with Crippen LogP contribution >= 0.6 is 7.60 Å². The molecule has 6 nitrogen and oxygen atoms in total. The maximum Gasteiger partial charge on any atom is 0.336 e. The molecule has 0 aliphatic carbocycles. The van der Waals surface area contributed by atoms with Crippen molar-refractivity contribution in [3.8, 4) is 11.5 Å². The number of benzene rings is 3. The molecule has 0 saturated carbocycles. The van der Waals surface area contributed by atoms with Crippen molar-refractivity contribution < 1.29 is 28.3 Å². The molecule has 1 N–H and O–H groups in total. The molecule has 3 aromatic carbocycles. The summed E-state index contributed by atoms with van der Waals surface area (Å²) in [5.74, 6) is 0.411. The molecule has 0 unspecified atom stereocenters. The van der Waals surface area contributed by atoms with Gasteiger partial charge in [0.1, 0.15) is 11.5 Å². The van der Waals surface area contributed by atoms with E-state index < -0.39 is 24.4 Å². The van der Waals surface area contributed by atoms with Gasteiger partial charge in [-0.1, -0.05) is 337 Å². The summed E-state index contributed by atoms with van der Waals surface area (Å²) in [5.41, 5.74) is 8.48. The monoisotopic (exact) mass is 1180 g/mol. The normalized spacial score (nSPS) is 12.8. The molecule has 84 heavy (non-hydrogen) atoms. The molecule has 0 amide bonds. The number of ether oxygens (including phenoxy) is 1. The van der Waals surface area contributed by atoms with Crippen LogP contribution in [0, 0.1) is 13.8 Å². The van der Waals surface area contributed by atoms with Crippen molar-refractivity contribution in [1.29, 1.82) is 0 Å². The predicted octanol–water partition coefficient (Wildman–Crippen LogP) is 24.7. The highest BCUT2D eigenvalue weighted by Crippen LogP contribution is 2.53. The predicted molar refractivity (Wildman–Crippen MR) is 365 cm³/mol. The Labute approximate surface area is 518 Å². The van der Waals surface area contributed by atoms with Crippen molar-refractivity contribution in [2.45, 2.75) is 350 Å². The van der Waals surface area contributed by atoms with Crippen LogP contribution in [-0.2, 0) is 52.6 Å². The van der Waals surface area contributed by atoms with E-state index in [4.69, 9.17) is 13.8 Å². The second kappa shape index (κ2) is 39.0. The highest BCUT2D eigenvalue weighted by Gasteiger charge is 2.33. The Balaban J connectivity index is 1.79. The SMILES string of the molecule is CCCCCCCCCCCCCCCCCCOP(=O)(Cc1cc(C(C)(C)C)c(OC(=O)C=Cc2c(Cc3cc(C)cc(C(C)(C)C)c3O)cc(C)cc2C(C)(C)C)c(C(C)(C)C)c1)OCCCCCCCCCCCCCCCCCC. The Morgan fingerprint density at radius 3 is 1.11 bits per heavy atom. The van der Waals surface area contributed by atoms with Gasteiger partial charge in [0.25, 0.3) is 0 Å². The van der Waals surface area contributed by atoms with Crippen LogP contribution in [-0.4, -0.2) is 24.3 Å². The number of esters is 1. The molecule has 3 rings (SSSR count). The molecule has 478 valence electrons. The summed E-state index contributed by atoms with van der Waals surface area (Å²) in [7, 11) is -3.56. The molecular formula is C77H129O6P. The van der Waals surface area contributed by atoms with Gasteiger partial charge in [-0.3, -0.25) is 4.57 Å². The van der Waals surface area contributed by atoms with Crippen LogP contribution in [0.5, 0.6) is 11.5 Å². The fourth-order valence-corrected chi connectivity index (χ4v) is 13.7. The average molecular weight is 1180 g/mol. The van der Waals surface area contributed by atoms with Gasteiger partial charge in [-0.2, -0.15) is 0 Å². The molecule has 7 heteroatoms. The second-order valence-electron chi connectivity index (χ2n) is 29.7. The zero-order chi connectivity index (χ0) is 62.2. The Kier molecular flexibility index (Phi) is 34.8. The van der Waals surface area contributed by atoms with Crippen molar-refractivity contribution in [3.63, 3.8) is 0 Å². The van der Waals surface area contributed by atoms with Gasteiger partial charge in [-0.05, 0) is 87.8 Å². The van der Waals surface area contributed by atoms with E-state index in [2.05, 4.69) is 147 Å². The van der Waals surface area contributed by atoms with Gasteiger partial charge in [0, 0.05) is 23.6 Å². The molecule has 0 radical (unpaired) electrons. The van der Waals surface area contributed by atoms with Gasteiger partial charge < -0.3 is 18.9 Å². The van der Waals surface area contributed by atoms with Gasteiger partial charge >= 0.3 is 13.6 Å². The smallest absolute Gasteiger partial charge is 0.336 e. The van der Waals surface area contributed by atoms with E-state index in [1.54, 1.807) is 6.08 Å². The van der Waals surface area contributed by atoms with Crippen LogP contribution in [0.4, 0.5) is 0 Å². The summed E-state index contributed by atoms with van der Waals surface area (Å²) < 4.78 is 34.6. The Morgan fingerprint density at radius 1 is 0.440 bits per heavy atom. The van der Waals surface area contributed by atoms with Crippen LogP contribution in [0.2, 0.25) is 0 Å². The van der Waals surface area contributed by atoms with Crippen molar-refractivity contribution in [2.24, 2.45) is 0 Å². The lowest BCUT2D eigenvalue weighted by Gasteiger charge is -2.30. The molecule has 0 aliphatic heterocycles.